The third-order valence-electron chi connectivity index (χ3n) is 2.96. The van der Waals surface area contributed by atoms with Gasteiger partial charge in [-0.1, -0.05) is 6.07 Å². The van der Waals surface area contributed by atoms with Crippen LogP contribution in [0.1, 0.15) is 11.1 Å². The molecule has 138 valence electrons. The highest BCUT2D eigenvalue weighted by atomic mass is 35.5. The second-order valence-electron chi connectivity index (χ2n) is 4.76. The largest absolute Gasteiger partial charge is 0.507 e. The molecule has 0 aliphatic rings. The molecule has 1 aromatic carbocycles. The number of hydrogen-bond donors (Lipinski definition) is 3. The first-order valence-electron chi connectivity index (χ1n) is 6.90. The second kappa shape index (κ2) is 8.19. The number of carbonyl (C=O) groups is 2. The quantitative estimate of drug-likeness (QED) is 0.400. The number of alkyl halides is 4. The van der Waals surface area contributed by atoms with Crippen molar-refractivity contribution in [2.24, 2.45) is 0 Å². The summed E-state index contributed by atoms with van der Waals surface area (Å²) in [7, 11) is 0. The van der Waals surface area contributed by atoms with Gasteiger partial charge in [-0.15, -0.1) is 22.9 Å². The number of aliphatic hydroxyl groups excluding tert-OH is 1. The number of halogens is 4. The van der Waals surface area contributed by atoms with Gasteiger partial charge in [0.2, 0.25) is 5.91 Å². The maximum Gasteiger partial charge on any atom is 0.418 e. The zero-order chi connectivity index (χ0) is 19.3. The molecule has 0 spiro atoms. The molecule has 0 radical (unpaired) electrons. The third-order valence-corrected chi connectivity index (χ3v) is 3.89. The molecular weight excluding hydrogens is 395 g/mol. The van der Waals surface area contributed by atoms with Crippen LogP contribution in [0.5, 0.6) is 0 Å². The Morgan fingerprint density at radius 3 is 2.62 bits per heavy atom. The van der Waals surface area contributed by atoms with E-state index >= 15 is 0 Å². The number of nitrogens with one attached hydrogen (secondary N) is 2. The number of para-hydroxylation sites is 1. The summed E-state index contributed by atoms with van der Waals surface area (Å²) in [6.45, 7) is 0. The van der Waals surface area contributed by atoms with Crippen LogP contribution < -0.4 is 10.6 Å². The Balaban J connectivity index is 2.41. The molecule has 0 saturated heterocycles. The summed E-state index contributed by atoms with van der Waals surface area (Å²) in [5.74, 6) is -3.05. The number of carbonyl (C=O) groups excluding carboxylic acids is 2. The summed E-state index contributed by atoms with van der Waals surface area (Å²) >= 11 is 6.44. The first-order valence-corrected chi connectivity index (χ1v) is 8.31. The van der Waals surface area contributed by atoms with Crippen LogP contribution in [0.4, 0.5) is 24.0 Å². The van der Waals surface area contributed by atoms with E-state index in [4.69, 9.17) is 11.6 Å². The number of nitrogens with zero attached hydrogens (tertiary/aromatic N) is 1. The van der Waals surface area contributed by atoms with Crippen LogP contribution in [0.3, 0.4) is 0 Å². The predicted molar refractivity (Wildman–Crippen MR) is 92.1 cm³/mol. The average Bonchev–Trinajstić information content (AvgIpc) is 3.06. The maximum absolute atomic E-state index is 13.2. The van der Waals surface area contributed by atoms with E-state index in [1.165, 1.54) is 6.20 Å². The van der Waals surface area contributed by atoms with Crippen molar-refractivity contribution in [2.45, 2.75) is 6.18 Å². The fourth-order valence-corrected chi connectivity index (χ4v) is 2.54. The van der Waals surface area contributed by atoms with Crippen molar-refractivity contribution in [1.82, 2.24) is 4.98 Å². The van der Waals surface area contributed by atoms with Crippen molar-refractivity contribution in [3.63, 3.8) is 0 Å². The second-order valence-corrected chi connectivity index (χ2v) is 5.93. The van der Waals surface area contributed by atoms with Gasteiger partial charge in [0.1, 0.15) is 11.6 Å². The minimum Gasteiger partial charge on any atom is -0.507 e. The fraction of sp³-hybridized carbons (Fsp3) is 0.133. The summed E-state index contributed by atoms with van der Waals surface area (Å²) in [4.78, 5) is 27.1. The zero-order valence-electron chi connectivity index (χ0n) is 12.8. The Morgan fingerprint density at radius 1 is 1.31 bits per heavy atom. The minimum atomic E-state index is -4.80. The van der Waals surface area contributed by atoms with E-state index in [1.807, 2.05) is 5.32 Å². The van der Waals surface area contributed by atoms with E-state index in [-0.39, 0.29) is 10.7 Å². The zero-order valence-corrected chi connectivity index (χ0v) is 14.4. The van der Waals surface area contributed by atoms with Crippen LogP contribution in [0.25, 0.3) is 5.76 Å². The van der Waals surface area contributed by atoms with Crippen LogP contribution in [0.15, 0.2) is 35.9 Å². The Morgan fingerprint density at radius 2 is 2.04 bits per heavy atom. The number of benzene rings is 1. The number of hydrogen-bond acceptors (Lipinski definition) is 5. The Bertz CT molecular complexity index is 838. The lowest BCUT2D eigenvalue weighted by atomic mass is 10.0. The molecule has 2 aromatic rings. The topological polar surface area (TPSA) is 91.3 Å². The summed E-state index contributed by atoms with van der Waals surface area (Å²) in [5.41, 5.74) is -2.26. The number of rotatable bonds is 5. The smallest absolute Gasteiger partial charge is 0.418 e. The first-order chi connectivity index (χ1) is 12.2. The lowest BCUT2D eigenvalue weighted by molar-refractivity contribution is -0.137. The van der Waals surface area contributed by atoms with Gasteiger partial charge >= 0.3 is 6.18 Å². The van der Waals surface area contributed by atoms with Gasteiger partial charge in [0.15, 0.2) is 5.13 Å². The van der Waals surface area contributed by atoms with Gasteiger partial charge in [-0.05, 0) is 12.1 Å². The van der Waals surface area contributed by atoms with Crippen LogP contribution >= 0.6 is 22.9 Å². The molecule has 0 atom stereocenters. The van der Waals surface area contributed by atoms with Gasteiger partial charge in [0, 0.05) is 23.2 Å². The molecule has 0 aliphatic heterocycles. The fourth-order valence-electron chi connectivity index (χ4n) is 1.94. The Hall–Kier alpha value is -2.59. The monoisotopic (exact) mass is 405 g/mol. The van der Waals surface area contributed by atoms with E-state index < -0.39 is 40.9 Å². The molecule has 1 aromatic heterocycles. The lowest BCUT2D eigenvalue weighted by Crippen LogP contribution is -2.19. The van der Waals surface area contributed by atoms with Crippen LogP contribution in [0, 0.1) is 0 Å². The molecule has 26 heavy (non-hydrogen) atoms. The number of amides is 2. The van der Waals surface area contributed by atoms with E-state index in [9.17, 15) is 27.9 Å². The van der Waals surface area contributed by atoms with Crippen LogP contribution in [0.2, 0.25) is 0 Å². The predicted octanol–water partition coefficient (Wildman–Crippen LogP) is 3.88. The number of thiazole rings is 1. The SMILES string of the molecule is O=C(/C=C(\O)c1cccc(C(F)(F)F)c1NC(=O)CCl)Nc1nccs1. The van der Waals surface area contributed by atoms with Crippen LogP contribution in [-0.4, -0.2) is 27.8 Å². The number of aromatic nitrogens is 1. The highest BCUT2D eigenvalue weighted by Crippen LogP contribution is 2.38. The van der Waals surface area contributed by atoms with E-state index in [2.05, 4.69) is 10.3 Å². The van der Waals surface area contributed by atoms with Gasteiger partial charge in [0.25, 0.3) is 5.91 Å². The summed E-state index contributed by atoms with van der Waals surface area (Å²) in [6.07, 6.45) is -2.67. The van der Waals surface area contributed by atoms with Crippen molar-refractivity contribution >= 4 is 51.3 Å². The van der Waals surface area contributed by atoms with Gasteiger partial charge < -0.3 is 10.4 Å². The first kappa shape index (κ1) is 19.7. The molecule has 0 bridgehead atoms. The highest BCUT2D eigenvalue weighted by Gasteiger charge is 2.35. The molecule has 0 unspecified atom stereocenters. The molecule has 2 rings (SSSR count). The van der Waals surface area contributed by atoms with E-state index in [0.29, 0.717) is 6.08 Å². The molecule has 11 heteroatoms. The summed E-state index contributed by atoms with van der Waals surface area (Å²) < 4.78 is 39.6. The van der Waals surface area contributed by atoms with Gasteiger partial charge in [0.05, 0.1) is 11.3 Å². The van der Waals surface area contributed by atoms with Gasteiger partial charge in [-0.2, -0.15) is 13.2 Å². The van der Waals surface area contributed by atoms with E-state index in [1.54, 1.807) is 5.38 Å². The minimum absolute atomic E-state index is 0.249. The molecule has 2 amide bonds. The van der Waals surface area contributed by atoms with Gasteiger partial charge in [-0.3, -0.25) is 14.9 Å². The van der Waals surface area contributed by atoms with E-state index in [0.717, 1.165) is 29.5 Å². The molecule has 1 heterocycles. The summed E-state index contributed by atoms with van der Waals surface area (Å²) in [6, 6.07) is 2.90. The number of aliphatic hydroxyl groups is 1. The van der Waals surface area contributed by atoms with Crippen molar-refractivity contribution in [3.05, 3.63) is 47.0 Å². The standard InChI is InChI=1S/C15H11ClF3N3O3S/c16-7-12(25)21-13-8(2-1-3-9(13)15(17,18)19)10(23)6-11(24)22-14-20-4-5-26-14/h1-6,23H,7H2,(H,21,25)(H,20,22,24)/b10-6-. The Labute approximate surface area is 154 Å². The molecule has 0 aliphatic carbocycles. The molecular formula is C15H11ClF3N3O3S. The summed E-state index contributed by atoms with van der Waals surface area (Å²) in [5, 5.41) is 16.3. The Kier molecular flexibility index (Phi) is 6.22. The van der Waals surface area contributed by atoms with Crippen molar-refractivity contribution in [2.75, 3.05) is 16.5 Å². The number of anilines is 2. The third kappa shape index (κ3) is 4.96. The normalized spacial score (nSPS) is 11.9. The van der Waals surface area contributed by atoms with Crippen LogP contribution in [-0.2, 0) is 15.8 Å². The highest BCUT2D eigenvalue weighted by molar-refractivity contribution is 7.13. The van der Waals surface area contributed by atoms with Crippen molar-refractivity contribution < 1.29 is 27.9 Å². The molecule has 0 fully saturated rings. The lowest BCUT2D eigenvalue weighted by Gasteiger charge is -2.17. The molecule has 6 nitrogen and oxygen atoms in total. The average molecular weight is 406 g/mol. The van der Waals surface area contributed by atoms with Gasteiger partial charge in [-0.25, -0.2) is 4.98 Å². The molecule has 3 N–H and O–H groups in total. The maximum atomic E-state index is 13.2. The van der Waals surface area contributed by atoms with Crippen molar-refractivity contribution in [1.29, 1.82) is 0 Å². The van der Waals surface area contributed by atoms with Crippen molar-refractivity contribution in [3.8, 4) is 0 Å². The molecule has 0 saturated carbocycles.